The van der Waals surface area contributed by atoms with Crippen LogP contribution in [0.25, 0.3) is 0 Å². The quantitative estimate of drug-likeness (QED) is 0.875. The Morgan fingerprint density at radius 2 is 2.04 bits per heavy atom. The first kappa shape index (κ1) is 17.4. The van der Waals surface area contributed by atoms with E-state index >= 15 is 0 Å². The lowest BCUT2D eigenvalue weighted by Crippen LogP contribution is -2.37. The molecule has 1 heterocycles. The number of rotatable bonds is 4. The van der Waals surface area contributed by atoms with Crippen molar-refractivity contribution in [2.75, 3.05) is 26.8 Å². The number of phenolic OH excluding ortho intramolecular Hbond substituents is 1. The van der Waals surface area contributed by atoms with Gasteiger partial charge in [-0.05, 0) is 35.9 Å². The predicted molar refractivity (Wildman–Crippen MR) is 95.1 cm³/mol. The van der Waals surface area contributed by atoms with Crippen molar-refractivity contribution >= 4 is 23.2 Å². The molecule has 1 fully saturated rings. The highest BCUT2D eigenvalue weighted by Crippen LogP contribution is 2.31. The number of halogens is 2. The van der Waals surface area contributed by atoms with Crippen molar-refractivity contribution in [2.45, 2.75) is 12.6 Å². The molecule has 1 atom stereocenters. The Labute approximate surface area is 151 Å². The maximum atomic E-state index is 9.72. The van der Waals surface area contributed by atoms with E-state index in [0.29, 0.717) is 23.2 Å². The summed E-state index contributed by atoms with van der Waals surface area (Å²) in [5.74, 6) is 1.01. The topological polar surface area (TPSA) is 41.9 Å². The van der Waals surface area contributed by atoms with Crippen LogP contribution in [-0.2, 0) is 11.3 Å². The van der Waals surface area contributed by atoms with Crippen molar-refractivity contribution in [2.24, 2.45) is 0 Å². The number of hydrogen-bond donors (Lipinski definition) is 1. The Bertz CT molecular complexity index is 723. The fraction of sp³-hybridized carbons (Fsp3) is 0.333. The van der Waals surface area contributed by atoms with E-state index < -0.39 is 0 Å². The summed E-state index contributed by atoms with van der Waals surface area (Å²) in [5.41, 5.74) is 1.96. The number of phenols is 1. The first-order valence-electron chi connectivity index (χ1n) is 7.71. The van der Waals surface area contributed by atoms with Crippen LogP contribution < -0.4 is 4.74 Å². The first-order chi connectivity index (χ1) is 11.6. The van der Waals surface area contributed by atoms with Crippen LogP contribution in [0.2, 0.25) is 10.0 Å². The predicted octanol–water partition coefficient (Wildman–Crippen LogP) is 4.28. The van der Waals surface area contributed by atoms with E-state index in [0.717, 1.165) is 30.0 Å². The summed E-state index contributed by atoms with van der Waals surface area (Å²) in [6.07, 6.45) is -0.0585. The highest BCUT2D eigenvalue weighted by atomic mass is 35.5. The third-order valence-electron chi connectivity index (χ3n) is 4.12. The van der Waals surface area contributed by atoms with Gasteiger partial charge >= 0.3 is 0 Å². The maximum Gasteiger partial charge on any atom is 0.123 e. The van der Waals surface area contributed by atoms with E-state index in [2.05, 4.69) is 4.90 Å². The van der Waals surface area contributed by atoms with Gasteiger partial charge in [0.05, 0.1) is 29.9 Å². The van der Waals surface area contributed by atoms with E-state index in [9.17, 15) is 5.11 Å². The molecule has 24 heavy (non-hydrogen) atoms. The average Bonchev–Trinajstić information content (AvgIpc) is 2.58. The molecule has 3 rings (SSSR count). The van der Waals surface area contributed by atoms with E-state index in [-0.39, 0.29) is 11.9 Å². The maximum absolute atomic E-state index is 9.72. The summed E-state index contributed by atoms with van der Waals surface area (Å²) in [7, 11) is 1.63. The van der Waals surface area contributed by atoms with Crippen molar-refractivity contribution in [3.05, 3.63) is 57.6 Å². The molecule has 1 N–H and O–H groups in total. The van der Waals surface area contributed by atoms with Gasteiger partial charge in [-0.3, -0.25) is 4.90 Å². The third kappa shape index (κ3) is 3.95. The van der Waals surface area contributed by atoms with E-state index in [4.69, 9.17) is 32.7 Å². The molecule has 1 aliphatic rings. The van der Waals surface area contributed by atoms with E-state index in [1.165, 1.54) is 0 Å². The standard InChI is InChI=1S/C18H19Cl2NO3/c1-23-17-5-3-14(22)8-13(17)10-21-6-7-24-18(11-21)12-2-4-15(19)16(20)9-12/h2-5,8-9,18,22H,6-7,10-11H2,1H3. The largest absolute Gasteiger partial charge is 0.508 e. The molecule has 0 bridgehead atoms. The number of aromatic hydroxyl groups is 1. The molecule has 0 aliphatic carbocycles. The molecule has 0 aromatic heterocycles. The summed E-state index contributed by atoms with van der Waals surface area (Å²) >= 11 is 12.1. The Morgan fingerprint density at radius 3 is 2.79 bits per heavy atom. The van der Waals surface area contributed by atoms with Crippen LogP contribution in [0.4, 0.5) is 0 Å². The monoisotopic (exact) mass is 367 g/mol. The molecular formula is C18H19Cl2NO3. The Hall–Kier alpha value is -1.46. The van der Waals surface area contributed by atoms with Crippen LogP contribution in [0.15, 0.2) is 36.4 Å². The smallest absolute Gasteiger partial charge is 0.123 e. The summed E-state index contributed by atoms with van der Waals surface area (Å²) in [5, 5.41) is 10.8. The van der Waals surface area contributed by atoms with Gasteiger partial charge in [-0.2, -0.15) is 0 Å². The molecule has 6 heteroatoms. The summed E-state index contributed by atoms with van der Waals surface area (Å²) < 4.78 is 11.3. The SMILES string of the molecule is COc1ccc(O)cc1CN1CCOC(c2ccc(Cl)c(Cl)c2)C1. The van der Waals surface area contributed by atoms with Gasteiger partial charge in [-0.25, -0.2) is 0 Å². The molecule has 0 saturated carbocycles. The van der Waals surface area contributed by atoms with Crippen LogP contribution in [0, 0.1) is 0 Å². The second-order valence-corrected chi connectivity index (χ2v) is 6.58. The average molecular weight is 368 g/mol. The van der Waals surface area contributed by atoms with Gasteiger partial charge in [0.2, 0.25) is 0 Å². The van der Waals surface area contributed by atoms with Crippen molar-refractivity contribution < 1.29 is 14.6 Å². The molecule has 128 valence electrons. The number of morpholine rings is 1. The molecule has 0 amide bonds. The molecule has 1 aliphatic heterocycles. The normalized spacial score (nSPS) is 18.5. The van der Waals surface area contributed by atoms with Gasteiger partial charge in [0.25, 0.3) is 0 Å². The summed E-state index contributed by atoms with van der Waals surface area (Å²) in [6.45, 7) is 2.86. The molecule has 2 aromatic rings. The number of methoxy groups -OCH3 is 1. The van der Waals surface area contributed by atoms with Crippen molar-refractivity contribution in [3.8, 4) is 11.5 Å². The van der Waals surface area contributed by atoms with Crippen LogP contribution in [0.1, 0.15) is 17.2 Å². The highest BCUT2D eigenvalue weighted by Gasteiger charge is 2.23. The Balaban J connectivity index is 1.74. The van der Waals surface area contributed by atoms with Crippen LogP contribution in [0.5, 0.6) is 11.5 Å². The summed E-state index contributed by atoms with van der Waals surface area (Å²) in [6, 6.07) is 10.7. The highest BCUT2D eigenvalue weighted by molar-refractivity contribution is 6.42. The van der Waals surface area contributed by atoms with Gasteiger partial charge in [0.1, 0.15) is 11.5 Å². The lowest BCUT2D eigenvalue weighted by atomic mass is 10.1. The minimum atomic E-state index is -0.0585. The van der Waals surface area contributed by atoms with E-state index in [1.807, 2.05) is 12.1 Å². The number of nitrogens with zero attached hydrogens (tertiary/aromatic N) is 1. The van der Waals surface area contributed by atoms with Crippen molar-refractivity contribution in [3.63, 3.8) is 0 Å². The number of ether oxygens (including phenoxy) is 2. The lowest BCUT2D eigenvalue weighted by Gasteiger charge is -2.33. The zero-order valence-corrected chi connectivity index (χ0v) is 14.8. The second kappa shape index (κ2) is 7.62. The van der Waals surface area contributed by atoms with Crippen LogP contribution >= 0.6 is 23.2 Å². The van der Waals surface area contributed by atoms with Gasteiger partial charge in [0.15, 0.2) is 0 Å². The zero-order chi connectivity index (χ0) is 17.1. The molecule has 1 unspecified atom stereocenters. The molecule has 2 aromatic carbocycles. The van der Waals surface area contributed by atoms with E-state index in [1.54, 1.807) is 31.4 Å². The fourth-order valence-corrected chi connectivity index (χ4v) is 3.20. The van der Waals surface area contributed by atoms with Crippen molar-refractivity contribution in [1.82, 2.24) is 4.90 Å². The third-order valence-corrected chi connectivity index (χ3v) is 4.86. The lowest BCUT2D eigenvalue weighted by molar-refractivity contribution is -0.0331. The Kier molecular flexibility index (Phi) is 5.51. The van der Waals surface area contributed by atoms with Crippen molar-refractivity contribution in [1.29, 1.82) is 0 Å². The molecule has 0 spiro atoms. The first-order valence-corrected chi connectivity index (χ1v) is 8.47. The minimum Gasteiger partial charge on any atom is -0.508 e. The fourth-order valence-electron chi connectivity index (χ4n) is 2.89. The van der Waals surface area contributed by atoms with Crippen LogP contribution in [-0.4, -0.2) is 36.8 Å². The molecular weight excluding hydrogens is 349 g/mol. The molecule has 4 nitrogen and oxygen atoms in total. The minimum absolute atomic E-state index is 0.0585. The molecule has 0 radical (unpaired) electrons. The zero-order valence-electron chi connectivity index (χ0n) is 13.3. The molecule has 1 saturated heterocycles. The van der Waals surface area contributed by atoms with Gasteiger partial charge < -0.3 is 14.6 Å². The van der Waals surface area contributed by atoms with Gasteiger partial charge in [0, 0.05) is 25.2 Å². The van der Waals surface area contributed by atoms with Gasteiger partial charge in [-0.1, -0.05) is 29.3 Å². The number of hydrogen-bond acceptors (Lipinski definition) is 4. The summed E-state index contributed by atoms with van der Waals surface area (Å²) in [4.78, 5) is 2.27. The Morgan fingerprint density at radius 1 is 1.21 bits per heavy atom. The van der Waals surface area contributed by atoms with Gasteiger partial charge in [-0.15, -0.1) is 0 Å². The number of benzene rings is 2. The van der Waals surface area contributed by atoms with Crippen LogP contribution in [0.3, 0.4) is 0 Å². The second-order valence-electron chi connectivity index (χ2n) is 5.76.